The minimum atomic E-state index is -1.49. The molecule has 0 saturated heterocycles. The summed E-state index contributed by atoms with van der Waals surface area (Å²) in [6.45, 7) is 0. The fourth-order valence-corrected chi connectivity index (χ4v) is 8.08. The van der Waals surface area contributed by atoms with Crippen LogP contribution in [0.5, 0.6) is 11.5 Å². The van der Waals surface area contributed by atoms with E-state index in [0.717, 1.165) is 56.3 Å². The zero-order chi connectivity index (χ0) is 37.3. The van der Waals surface area contributed by atoms with Crippen LogP contribution in [0.1, 0.15) is 38.2 Å². The van der Waals surface area contributed by atoms with E-state index in [2.05, 4.69) is 80.4 Å². The number of cyclic esters (lactones) is 1. The maximum atomic E-state index is 14.2. The predicted octanol–water partition coefficient (Wildman–Crippen LogP) is 11.3. The zero-order valence-corrected chi connectivity index (χ0v) is 34.1. The van der Waals surface area contributed by atoms with Crippen LogP contribution in [0.3, 0.4) is 0 Å². The Hall–Kier alpha value is -4.21. The highest BCUT2D eigenvalue weighted by molar-refractivity contribution is 9.11. The van der Waals surface area contributed by atoms with E-state index in [1.54, 1.807) is 14.2 Å². The van der Waals surface area contributed by atoms with Crippen molar-refractivity contribution in [1.82, 2.24) is 0 Å². The molecule has 5 aromatic carbocycles. The molecule has 0 atom stereocenters. The van der Waals surface area contributed by atoms with Crippen molar-refractivity contribution in [1.29, 1.82) is 0 Å². The number of ether oxygens (including phenoxy) is 3. The van der Waals surface area contributed by atoms with Crippen molar-refractivity contribution in [2.24, 2.45) is 0 Å². The number of fused-ring (bicyclic) bond motifs is 1. The van der Waals surface area contributed by atoms with E-state index in [-0.39, 0.29) is 15.6 Å². The Morgan fingerprint density at radius 2 is 0.962 bits per heavy atom. The Bertz CT molecular complexity index is 2070. The second-order valence-corrected chi connectivity index (χ2v) is 15.0. The van der Waals surface area contributed by atoms with Crippen LogP contribution in [-0.4, -0.2) is 48.4 Å². The summed E-state index contributed by atoms with van der Waals surface area (Å²) in [7, 11) is 11.3. The number of carbonyl (C=O) groups excluding carboxylic acids is 1. The molecule has 0 saturated carbocycles. The number of halogens is 4. The van der Waals surface area contributed by atoms with Gasteiger partial charge in [-0.2, -0.15) is 0 Å². The molecule has 0 spiro atoms. The normalized spacial score (nSPS) is 13.8. The maximum Gasteiger partial charge on any atom is 0.341 e. The van der Waals surface area contributed by atoms with Crippen molar-refractivity contribution in [3.63, 3.8) is 0 Å². The molecule has 6 nitrogen and oxygen atoms in total. The number of esters is 1. The van der Waals surface area contributed by atoms with Gasteiger partial charge in [0.1, 0.15) is 11.5 Å². The van der Waals surface area contributed by atoms with Gasteiger partial charge in [0.2, 0.25) is 0 Å². The van der Waals surface area contributed by atoms with Crippen LogP contribution in [0, 0.1) is 0 Å². The standard InChI is InChI=1S/C42H36Br2Cl2N2O4/c1-47(2)29-15-7-25(8-16-29)33(27-11-19-31(50-5)20-12-27)23-42(36-35(41(49)52-42)37(43)39(45)40(46)38(36)44)24-34(28-13-21-32(51-6)22-14-28)26-9-17-30(18-10-26)48(3)4/h7-24H,1-6H3/b33-23-,34-24-. The quantitative estimate of drug-likeness (QED) is 0.0792. The lowest BCUT2D eigenvalue weighted by Gasteiger charge is -2.28. The highest BCUT2D eigenvalue weighted by atomic mass is 79.9. The molecule has 5 aromatic rings. The molecule has 0 amide bonds. The Morgan fingerprint density at radius 1 is 0.615 bits per heavy atom. The molecule has 52 heavy (non-hydrogen) atoms. The minimum Gasteiger partial charge on any atom is -0.497 e. The van der Waals surface area contributed by atoms with E-state index < -0.39 is 11.6 Å². The number of nitrogens with zero attached hydrogens (tertiary/aromatic N) is 2. The van der Waals surface area contributed by atoms with Crippen LogP contribution in [0.2, 0.25) is 10.0 Å². The predicted molar refractivity (Wildman–Crippen MR) is 221 cm³/mol. The fourth-order valence-electron chi connectivity index (χ4n) is 6.21. The number of hydrogen-bond acceptors (Lipinski definition) is 6. The number of benzene rings is 5. The highest BCUT2D eigenvalue weighted by Gasteiger charge is 2.48. The van der Waals surface area contributed by atoms with Crippen LogP contribution in [0.15, 0.2) is 118 Å². The summed E-state index contributed by atoms with van der Waals surface area (Å²) in [4.78, 5) is 18.2. The third-order valence-electron chi connectivity index (χ3n) is 9.03. The molecule has 0 radical (unpaired) electrons. The second kappa shape index (κ2) is 15.4. The van der Waals surface area contributed by atoms with E-state index in [0.29, 0.717) is 14.5 Å². The summed E-state index contributed by atoms with van der Waals surface area (Å²) < 4.78 is 18.4. The number of carbonyl (C=O) groups is 1. The van der Waals surface area contributed by atoms with Gasteiger partial charge in [0.25, 0.3) is 0 Å². The van der Waals surface area contributed by atoms with Crippen LogP contribution < -0.4 is 19.3 Å². The van der Waals surface area contributed by atoms with Crippen LogP contribution >= 0.6 is 55.1 Å². The molecule has 0 aliphatic carbocycles. The SMILES string of the molecule is COc1ccc(/C(=C\C2(/C=C(\c3ccc(OC)cc3)c3ccc(N(C)C)cc3)OC(=O)c3c(Br)c(Cl)c(Cl)c(Br)c32)c2ccc(N(C)C)cc2)cc1. The number of methoxy groups -OCH3 is 2. The van der Waals surface area contributed by atoms with Gasteiger partial charge in [-0.3, -0.25) is 0 Å². The lowest BCUT2D eigenvalue weighted by atomic mass is 9.83. The summed E-state index contributed by atoms with van der Waals surface area (Å²) in [5.41, 5.74) is 6.60. The van der Waals surface area contributed by atoms with Gasteiger partial charge in [-0.25, -0.2) is 4.79 Å². The van der Waals surface area contributed by atoms with E-state index in [4.69, 9.17) is 37.4 Å². The minimum absolute atomic E-state index is 0.206. The Morgan fingerprint density at radius 3 is 1.31 bits per heavy atom. The van der Waals surface area contributed by atoms with Crippen molar-refractivity contribution in [3.8, 4) is 11.5 Å². The Balaban J connectivity index is 1.74. The van der Waals surface area contributed by atoms with Crippen molar-refractivity contribution < 1.29 is 19.0 Å². The lowest BCUT2D eigenvalue weighted by molar-refractivity contribution is 0.0298. The van der Waals surface area contributed by atoms with Gasteiger partial charge in [-0.1, -0.05) is 71.7 Å². The van der Waals surface area contributed by atoms with Crippen molar-refractivity contribution in [3.05, 3.63) is 162 Å². The van der Waals surface area contributed by atoms with Gasteiger partial charge in [-0.15, -0.1) is 0 Å². The van der Waals surface area contributed by atoms with E-state index in [1.165, 1.54) is 0 Å². The van der Waals surface area contributed by atoms with Crippen molar-refractivity contribution in [2.75, 3.05) is 52.2 Å². The average molecular weight is 863 g/mol. The topological polar surface area (TPSA) is 51.2 Å². The smallest absolute Gasteiger partial charge is 0.341 e. The van der Waals surface area contributed by atoms with Gasteiger partial charge in [0, 0.05) is 49.6 Å². The van der Waals surface area contributed by atoms with Gasteiger partial charge in [0.15, 0.2) is 5.60 Å². The third-order valence-corrected chi connectivity index (χ3v) is 11.9. The summed E-state index contributed by atoms with van der Waals surface area (Å²) >= 11 is 20.9. The van der Waals surface area contributed by atoms with Gasteiger partial charge >= 0.3 is 5.97 Å². The monoisotopic (exact) mass is 860 g/mol. The molecule has 1 heterocycles. The molecule has 1 aliphatic heterocycles. The first-order chi connectivity index (χ1) is 24.9. The van der Waals surface area contributed by atoms with E-state index >= 15 is 0 Å². The van der Waals surface area contributed by atoms with Crippen molar-refractivity contribution >= 4 is 83.6 Å². The molecular weight excluding hydrogens is 827 g/mol. The molecule has 10 heteroatoms. The van der Waals surface area contributed by atoms with Gasteiger partial charge in [-0.05, 0) is 126 Å². The Kier molecular flexibility index (Phi) is 11.1. The van der Waals surface area contributed by atoms with Gasteiger partial charge < -0.3 is 24.0 Å². The number of hydrogen-bond donors (Lipinski definition) is 0. The van der Waals surface area contributed by atoms with Crippen LogP contribution in [-0.2, 0) is 10.3 Å². The summed E-state index contributed by atoms with van der Waals surface area (Å²) in [5.74, 6) is 0.881. The zero-order valence-electron chi connectivity index (χ0n) is 29.4. The fraction of sp³-hybridized carbons (Fsp3) is 0.167. The third kappa shape index (κ3) is 7.22. The number of anilines is 2. The van der Waals surface area contributed by atoms with Crippen LogP contribution in [0.25, 0.3) is 11.1 Å². The van der Waals surface area contributed by atoms with E-state index in [9.17, 15) is 4.79 Å². The summed E-state index contributed by atoms with van der Waals surface area (Å²) in [5, 5.41) is 0.455. The second-order valence-electron chi connectivity index (χ2n) is 12.6. The maximum absolute atomic E-state index is 14.2. The highest BCUT2D eigenvalue weighted by Crippen LogP contribution is 2.53. The summed E-state index contributed by atoms with van der Waals surface area (Å²) in [6.07, 6.45) is 3.98. The molecule has 1 aliphatic rings. The molecule has 0 unspecified atom stereocenters. The van der Waals surface area contributed by atoms with E-state index in [1.807, 2.05) is 98.7 Å². The first-order valence-corrected chi connectivity index (χ1v) is 18.6. The summed E-state index contributed by atoms with van der Waals surface area (Å²) in [6, 6.07) is 32.1. The molecule has 266 valence electrons. The largest absolute Gasteiger partial charge is 0.497 e. The molecule has 6 rings (SSSR count). The molecule has 0 aromatic heterocycles. The molecule has 0 fully saturated rings. The first kappa shape index (κ1) is 37.5. The first-order valence-electron chi connectivity index (χ1n) is 16.3. The van der Waals surface area contributed by atoms with Crippen molar-refractivity contribution in [2.45, 2.75) is 5.60 Å². The number of rotatable bonds is 10. The molecule has 0 N–H and O–H groups in total. The van der Waals surface area contributed by atoms with Gasteiger partial charge in [0.05, 0.1) is 34.3 Å². The Labute approximate surface area is 331 Å². The van der Waals surface area contributed by atoms with Crippen LogP contribution in [0.4, 0.5) is 11.4 Å². The molecular formula is C42H36Br2Cl2N2O4. The molecule has 0 bridgehead atoms. The lowest BCUT2D eigenvalue weighted by Crippen LogP contribution is -2.23. The average Bonchev–Trinajstić information content (AvgIpc) is 3.45.